The van der Waals surface area contributed by atoms with Gasteiger partial charge in [0.15, 0.2) is 0 Å². The fourth-order valence-electron chi connectivity index (χ4n) is 2.35. The van der Waals surface area contributed by atoms with E-state index in [-0.39, 0.29) is 6.61 Å². The van der Waals surface area contributed by atoms with Gasteiger partial charge in [0.25, 0.3) is 5.91 Å². The van der Waals surface area contributed by atoms with Crippen LogP contribution in [0, 0.1) is 5.82 Å². The molecule has 0 saturated carbocycles. The molecule has 0 bridgehead atoms. The number of aromatic nitrogens is 1. The molecule has 1 atom stereocenters. The summed E-state index contributed by atoms with van der Waals surface area (Å²) in [5.74, 6) is -1.02. The largest absolute Gasteiger partial charge is 0.446 e. The maximum Gasteiger partial charge on any atom is 0.417 e. The zero-order chi connectivity index (χ0) is 16.2. The number of imide groups is 1. The van der Waals surface area contributed by atoms with Gasteiger partial charge in [0.1, 0.15) is 18.5 Å². The van der Waals surface area contributed by atoms with E-state index in [0.717, 1.165) is 16.7 Å². The molecule has 1 aromatic carbocycles. The van der Waals surface area contributed by atoms with Crippen LogP contribution in [0.4, 0.5) is 9.18 Å². The Balaban J connectivity index is 1.80. The fraction of sp³-hybridized carbons (Fsp3) is 0.118. The Morgan fingerprint density at radius 3 is 2.83 bits per heavy atom. The van der Waals surface area contributed by atoms with Gasteiger partial charge in [-0.25, -0.2) is 14.1 Å². The van der Waals surface area contributed by atoms with Crippen LogP contribution in [0.2, 0.25) is 0 Å². The molecule has 23 heavy (non-hydrogen) atoms. The Bertz CT molecular complexity index is 761. The predicted octanol–water partition coefficient (Wildman–Crippen LogP) is 2.95. The number of hydrogen-bond donors (Lipinski definition) is 0. The van der Waals surface area contributed by atoms with Crippen molar-refractivity contribution in [2.45, 2.75) is 6.04 Å². The number of hydrogen-bond acceptors (Lipinski definition) is 4. The number of nitrogens with zero attached hydrogens (tertiary/aromatic N) is 2. The van der Waals surface area contributed by atoms with Crippen LogP contribution in [0.25, 0.3) is 6.08 Å². The number of amides is 2. The molecular weight excluding hydrogens is 299 g/mol. The molecule has 0 radical (unpaired) electrons. The maximum absolute atomic E-state index is 13.1. The molecule has 5 nitrogen and oxygen atoms in total. The minimum Gasteiger partial charge on any atom is -0.446 e. The molecule has 1 aromatic heterocycles. The van der Waals surface area contributed by atoms with E-state index in [1.54, 1.807) is 0 Å². The zero-order valence-corrected chi connectivity index (χ0v) is 12.1. The average Bonchev–Trinajstić information content (AvgIpc) is 2.95. The van der Waals surface area contributed by atoms with Crippen molar-refractivity contribution in [1.82, 2.24) is 9.88 Å². The monoisotopic (exact) mass is 312 g/mol. The first-order valence-electron chi connectivity index (χ1n) is 6.98. The van der Waals surface area contributed by atoms with Gasteiger partial charge >= 0.3 is 6.09 Å². The van der Waals surface area contributed by atoms with Crippen LogP contribution in [0.5, 0.6) is 0 Å². The van der Waals surface area contributed by atoms with Crippen LogP contribution >= 0.6 is 0 Å². The van der Waals surface area contributed by atoms with Crippen molar-refractivity contribution in [2.75, 3.05) is 6.61 Å². The van der Waals surface area contributed by atoms with Gasteiger partial charge < -0.3 is 4.74 Å². The van der Waals surface area contributed by atoms with Gasteiger partial charge in [-0.05, 0) is 23.3 Å². The van der Waals surface area contributed by atoms with Crippen LogP contribution in [0.1, 0.15) is 17.2 Å². The van der Waals surface area contributed by atoms with Crippen molar-refractivity contribution < 1.29 is 18.7 Å². The van der Waals surface area contributed by atoms with Gasteiger partial charge in [-0.2, -0.15) is 0 Å². The molecule has 1 saturated heterocycles. The summed E-state index contributed by atoms with van der Waals surface area (Å²) in [7, 11) is 0. The van der Waals surface area contributed by atoms with E-state index in [9.17, 15) is 14.0 Å². The molecule has 1 aliphatic rings. The average molecular weight is 312 g/mol. The van der Waals surface area contributed by atoms with Crippen LogP contribution in [0.3, 0.4) is 0 Å². The number of carbonyl (C=O) groups excluding carboxylic acids is 2. The van der Waals surface area contributed by atoms with E-state index in [2.05, 4.69) is 4.98 Å². The molecule has 6 heteroatoms. The molecule has 0 aliphatic carbocycles. The van der Waals surface area contributed by atoms with Gasteiger partial charge in [-0.15, -0.1) is 0 Å². The summed E-state index contributed by atoms with van der Waals surface area (Å²) >= 11 is 0. The van der Waals surface area contributed by atoms with Crippen molar-refractivity contribution in [3.05, 3.63) is 71.8 Å². The van der Waals surface area contributed by atoms with Crippen molar-refractivity contribution in [3.8, 4) is 0 Å². The highest BCUT2D eigenvalue weighted by Crippen LogP contribution is 2.27. The molecule has 2 heterocycles. The summed E-state index contributed by atoms with van der Waals surface area (Å²) in [5.41, 5.74) is 1.25. The molecule has 1 aliphatic heterocycles. The topological polar surface area (TPSA) is 59.5 Å². The number of halogens is 1. The fourth-order valence-corrected chi connectivity index (χ4v) is 2.35. The van der Waals surface area contributed by atoms with Gasteiger partial charge in [0.05, 0.1) is 6.20 Å². The number of carbonyl (C=O) groups is 2. The minimum absolute atomic E-state index is 0.115. The normalized spacial score (nSPS) is 17.5. The van der Waals surface area contributed by atoms with E-state index in [1.807, 2.05) is 30.3 Å². The van der Waals surface area contributed by atoms with Crippen molar-refractivity contribution in [2.24, 2.45) is 0 Å². The second-order valence-electron chi connectivity index (χ2n) is 4.98. The number of rotatable bonds is 3. The lowest BCUT2D eigenvalue weighted by atomic mass is 10.1. The molecule has 2 aromatic rings. The second kappa shape index (κ2) is 6.39. The molecule has 0 unspecified atom stereocenters. The van der Waals surface area contributed by atoms with E-state index in [4.69, 9.17) is 4.74 Å². The number of pyridine rings is 1. The summed E-state index contributed by atoms with van der Waals surface area (Å²) in [6.07, 6.45) is 4.42. The lowest BCUT2D eigenvalue weighted by Crippen LogP contribution is -2.32. The van der Waals surface area contributed by atoms with Crippen LogP contribution < -0.4 is 0 Å². The Kier molecular flexibility index (Phi) is 4.14. The summed E-state index contributed by atoms with van der Waals surface area (Å²) in [6.45, 7) is 0.115. The molecule has 0 spiro atoms. The highest BCUT2D eigenvalue weighted by atomic mass is 19.1. The third kappa shape index (κ3) is 3.26. The molecular formula is C17H13FN2O3. The van der Waals surface area contributed by atoms with Crippen LogP contribution in [0.15, 0.2) is 54.9 Å². The zero-order valence-electron chi connectivity index (χ0n) is 12.1. The molecule has 0 N–H and O–H groups in total. The Labute approximate surface area is 132 Å². The summed E-state index contributed by atoms with van der Waals surface area (Å²) < 4.78 is 18.1. The number of benzene rings is 1. The van der Waals surface area contributed by atoms with E-state index < -0.39 is 23.9 Å². The van der Waals surface area contributed by atoms with Gasteiger partial charge in [-0.3, -0.25) is 9.78 Å². The molecule has 2 amide bonds. The minimum atomic E-state index is -0.689. The van der Waals surface area contributed by atoms with Crippen LogP contribution in [-0.4, -0.2) is 28.5 Å². The lowest BCUT2D eigenvalue weighted by molar-refractivity contribution is -0.124. The highest BCUT2D eigenvalue weighted by molar-refractivity contribution is 6.02. The third-order valence-electron chi connectivity index (χ3n) is 3.44. The molecule has 3 rings (SSSR count). The summed E-state index contributed by atoms with van der Waals surface area (Å²) in [4.78, 5) is 28.9. The van der Waals surface area contributed by atoms with Gasteiger partial charge in [-0.1, -0.05) is 30.3 Å². The quantitative estimate of drug-likeness (QED) is 0.818. The number of ether oxygens (including phenoxy) is 1. The van der Waals surface area contributed by atoms with E-state index >= 15 is 0 Å². The van der Waals surface area contributed by atoms with E-state index in [0.29, 0.717) is 5.56 Å². The third-order valence-corrected chi connectivity index (χ3v) is 3.44. The van der Waals surface area contributed by atoms with E-state index in [1.165, 1.54) is 24.4 Å². The first-order valence-corrected chi connectivity index (χ1v) is 6.98. The Morgan fingerprint density at radius 1 is 1.30 bits per heavy atom. The Morgan fingerprint density at radius 2 is 2.09 bits per heavy atom. The second-order valence-corrected chi connectivity index (χ2v) is 4.98. The van der Waals surface area contributed by atoms with Crippen molar-refractivity contribution >= 4 is 18.1 Å². The predicted molar refractivity (Wildman–Crippen MR) is 80.6 cm³/mol. The lowest BCUT2D eigenvalue weighted by Gasteiger charge is -2.18. The molecule has 1 fully saturated rings. The smallest absolute Gasteiger partial charge is 0.417 e. The highest BCUT2D eigenvalue weighted by Gasteiger charge is 2.37. The van der Waals surface area contributed by atoms with Gasteiger partial charge in [0, 0.05) is 12.3 Å². The summed E-state index contributed by atoms with van der Waals surface area (Å²) in [6, 6.07) is 9.94. The first-order chi connectivity index (χ1) is 11.1. The first kappa shape index (κ1) is 14.9. The summed E-state index contributed by atoms with van der Waals surface area (Å²) in [5, 5.41) is 0. The van der Waals surface area contributed by atoms with Crippen molar-refractivity contribution in [3.63, 3.8) is 0 Å². The molecule has 116 valence electrons. The van der Waals surface area contributed by atoms with Crippen LogP contribution in [-0.2, 0) is 9.53 Å². The standard InChI is InChI=1S/C17H13FN2O3/c18-14-8-12(9-19-10-14)6-7-16(21)20-15(11-23-17(20)22)13-4-2-1-3-5-13/h1-10,15H,11H2/t15-/m0/s1. The Hall–Kier alpha value is -3.02. The van der Waals surface area contributed by atoms with Crippen molar-refractivity contribution in [1.29, 1.82) is 0 Å². The number of cyclic esters (lactones) is 1. The SMILES string of the molecule is O=C(C=Cc1cncc(F)c1)N1C(=O)OC[C@H]1c1ccccc1. The maximum atomic E-state index is 13.1. The van der Waals surface area contributed by atoms with Gasteiger partial charge in [0.2, 0.25) is 0 Å².